The van der Waals surface area contributed by atoms with E-state index in [4.69, 9.17) is 4.74 Å². The summed E-state index contributed by atoms with van der Waals surface area (Å²) in [6.45, 7) is 10.5. The van der Waals surface area contributed by atoms with Crippen LogP contribution in [0, 0.1) is 12.8 Å². The Balaban J connectivity index is 2.18. The molecule has 0 spiro atoms. The molecule has 26 heavy (non-hydrogen) atoms. The summed E-state index contributed by atoms with van der Waals surface area (Å²) >= 11 is 0. The summed E-state index contributed by atoms with van der Waals surface area (Å²) in [7, 11) is -3.56. The molecule has 1 unspecified atom stereocenters. The van der Waals surface area contributed by atoms with E-state index in [1.807, 2.05) is 6.92 Å². The number of rotatable bonds is 7. The lowest BCUT2D eigenvalue weighted by Crippen LogP contribution is -2.56. The largest absolute Gasteiger partial charge is 0.466 e. The molecule has 0 aromatic heterocycles. The maximum Gasteiger partial charge on any atom is 0.307 e. The van der Waals surface area contributed by atoms with Gasteiger partial charge in [0.05, 0.1) is 17.9 Å². The molecular formula is C19H30N2O4S. The van der Waals surface area contributed by atoms with Crippen LogP contribution >= 0.6 is 0 Å². The molecule has 146 valence electrons. The van der Waals surface area contributed by atoms with E-state index in [9.17, 15) is 13.2 Å². The number of carbonyl (C=O) groups excluding carboxylic acids is 1. The third kappa shape index (κ3) is 5.28. The number of benzene rings is 1. The van der Waals surface area contributed by atoms with Crippen molar-refractivity contribution in [2.24, 2.45) is 5.92 Å². The molecular weight excluding hydrogens is 352 g/mol. The molecule has 0 N–H and O–H groups in total. The fraction of sp³-hybridized carbons (Fsp3) is 0.632. The van der Waals surface area contributed by atoms with E-state index in [2.05, 4.69) is 18.7 Å². The Kier molecular flexibility index (Phi) is 7.20. The van der Waals surface area contributed by atoms with Crippen molar-refractivity contribution >= 4 is 16.0 Å². The van der Waals surface area contributed by atoms with Crippen molar-refractivity contribution in [2.45, 2.75) is 45.1 Å². The molecule has 1 saturated heterocycles. The summed E-state index contributed by atoms with van der Waals surface area (Å²) in [4.78, 5) is 14.5. The van der Waals surface area contributed by atoms with E-state index < -0.39 is 10.0 Å². The van der Waals surface area contributed by atoms with Crippen LogP contribution in [0.2, 0.25) is 0 Å². The lowest BCUT2D eigenvalue weighted by Gasteiger charge is -2.41. The molecule has 1 atom stereocenters. The monoisotopic (exact) mass is 382 g/mol. The Morgan fingerprint density at radius 2 is 1.88 bits per heavy atom. The fourth-order valence-corrected chi connectivity index (χ4v) is 4.73. The molecule has 1 fully saturated rings. The lowest BCUT2D eigenvalue weighted by molar-refractivity contribution is -0.145. The predicted octanol–water partition coefficient (Wildman–Crippen LogP) is 2.28. The third-order valence-corrected chi connectivity index (χ3v) is 6.41. The van der Waals surface area contributed by atoms with Gasteiger partial charge in [0.25, 0.3) is 0 Å². The van der Waals surface area contributed by atoms with E-state index in [0.29, 0.717) is 37.1 Å². The molecule has 0 saturated carbocycles. The average Bonchev–Trinajstić information content (AvgIpc) is 2.56. The van der Waals surface area contributed by atoms with Crippen molar-refractivity contribution in [3.05, 3.63) is 29.8 Å². The predicted molar refractivity (Wildman–Crippen MR) is 101 cm³/mol. The van der Waals surface area contributed by atoms with Crippen LogP contribution in [0.4, 0.5) is 0 Å². The second-order valence-corrected chi connectivity index (χ2v) is 9.17. The normalized spacial score (nSPS) is 19.7. The first-order chi connectivity index (χ1) is 12.2. The van der Waals surface area contributed by atoms with Crippen LogP contribution in [-0.4, -0.2) is 62.4 Å². The van der Waals surface area contributed by atoms with E-state index in [0.717, 1.165) is 12.1 Å². The Labute approximate surface area is 157 Å². The molecule has 1 aromatic carbocycles. The minimum atomic E-state index is -3.56. The van der Waals surface area contributed by atoms with Crippen molar-refractivity contribution in [2.75, 3.05) is 32.8 Å². The van der Waals surface area contributed by atoms with Crippen LogP contribution in [0.1, 0.15) is 32.8 Å². The van der Waals surface area contributed by atoms with E-state index >= 15 is 0 Å². The van der Waals surface area contributed by atoms with Gasteiger partial charge >= 0.3 is 5.97 Å². The van der Waals surface area contributed by atoms with Crippen LogP contribution in [0.5, 0.6) is 0 Å². The topological polar surface area (TPSA) is 66.9 Å². The first-order valence-electron chi connectivity index (χ1n) is 9.20. The summed E-state index contributed by atoms with van der Waals surface area (Å²) in [5.74, 6) is 0.167. The Morgan fingerprint density at radius 3 is 2.46 bits per heavy atom. The van der Waals surface area contributed by atoms with Crippen molar-refractivity contribution in [3.8, 4) is 0 Å². The third-order valence-electron chi connectivity index (χ3n) is 4.53. The van der Waals surface area contributed by atoms with Crippen molar-refractivity contribution in [1.82, 2.24) is 9.21 Å². The molecule has 2 rings (SSSR count). The highest BCUT2D eigenvalue weighted by Gasteiger charge is 2.35. The highest BCUT2D eigenvalue weighted by Crippen LogP contribution is 2.23. The number of aryl methyl sites for hydroxylation is 1. The number of esters is 1. The summed E-state index contributed by atoms with van der Waals surface area (Å²) < 4.78 is 32.5. The molecule has 1 aliphatic rings. The molecule has 1 heterocycles. The van der Waals surface area contributed by atoms with Gasteiger partial charge in [-0.1, -0.05) is 31.5 Å². The zero-order valence-electron chi connectivity index (χ0n) is 16.1. The molecule has 7 heteroatoms. The van der Waals surface area contributed by atoms with Gasteiger partial charge in [-0.3, -0.25) is 9.69 Å². The Morgan fingerprint density at radius 1 is 1.23 bits per heavy atom. The fourth-order valence-electron chi connectivity index (χ4n) is 3.26. The summed E-state index contributed by atoms with van der Waals surface area (Å²) in [6, 6.07) is 6.73. The molecule has 0 amide bonds. The van der Waals surface area contributed by atoms with Crippen LogP contribution in [0.15, 0.2) is 29.2 Å². The van der Waals surface area contributed by atoms with Crippen molar-refractivity contribution < 1.29 is 17.9 Å². The SMILES string of the molecule is CCOC(=O)CC1CN(S(=O)(=O)c2ccc(C)cc2)CCN1CC(C)C. The molecule has 0 aliphatic carbocycles. The number of piperazine rings is 1. The van der Waals surface area contributed by atoms with Gasteiger partial charge in [-0.25, -0.2) is 8.42 Å². The van der Waals surface area contributed by atoms with Gasteiger partial charge in [0, 0.05) is 32.2 Å². The highest BCUT2D eigenvalue weighted by atomic mass is 32.2. The van der Waals surface area contributed by atoms with Gasteiger partial charge in [-0.2, -0.15) is 4.31 Å². The van der Waals surface area contributed by atoms with Crippen LogP contribution in [-0.2, 0) is 19.6 Å². The maximum atomic E-state index is 13.0. The Hall–Kier alpha value is -1.44. The van der Waals surface area contributed by atoms with Crippen LogP contribution < -0.4 is 0 Å². The summed E-state index contributed by atoms with van der Waals surface area (Å²) in [6.07, 6.45) is 0.209. The van der Waals surface area contributed by atoms with Crippen LogP contribution in [0.3, 0.4) is 0 Å². The van der Waals surface area contributed by atoms with Crippen LogP contribution in [0.25, 0.3) is 0 Å². The minimum Gasteiger partial charge on any atom is -0.466 e. The smallest absolute Gasteiger partial charge is 0.307 e. The second kappa shape index (κ2) is 8.97. The summed E-state index contributed by atoms with van der Waals surface area (Å²) in [5.41, 5.74) is 1.02. The van der Waals surface area contributed by atoms with E-state index in [-0.39, 0.29) is 18.4 Å². The van der Waals surface area contributed by atoms with Crippen molar-refractivity contribution in [1.29, 1.82) is 0 Å². The highest BCUT2D eigenvalue weighted by molar-refractivity contribution is 7.89. The number of hydrogen-bond donors (Lipinski definition) is 0. The number of sulfonamides is 1. The number of hydrogen-bond acceptors (Lipinski definition) is 5. The zero-order valence-corrected chi connectivity index (χ0v) is 17.0. The zero-order chi connectivity index (χ0) is 19.3. The molecule has 0 radical (unpaired) electrons. The number of nitrogens with zero attached hydrogens (tertiary/aromatic N) is 2. The molecule has 1 aromatic rings. The first kappa shape index (κ1) is 20.9. The van der Waals surface area contributed by atoms with Gasteiger partial charge < -0.3 is 4.74 Å². The quantitative estimate of drug-likeness (QED) is 0.677. The number of carbonyl (C=O) groups is 1. The molecule has 6 nitrogen and oxygen atoms in total. The minimum absolute atomic E-state index is 0.162. The van der Waals surface area contributed by atoms with E-state index in [1.165, 1.54) is 4.31 Å². The van der Waals surface area contributed by atoms with Gasteiger partial charge in [-0.15, -0.1) is 0 Å². The Bertz CT molecular complexity index is 701. The maximum absolute atomic E-state index is 13.0. The van der Waals surface area contributed by atoms with Gasteiger partial charge in [0.2, 0.25) is 10.0 Å². The van der Waals surface area contributed by atoms with Crippen molar-refractivity contribution in [3.63, 3.8) is 0 Å². The lowest BCUT2D eigenvalue weighted by atomic mass is 10.1. The molecule has 0 bridgehead atoms. The second-order valence-electron chi connectivity index (χ2n) is 7.23. The van der Waals surface area contributed by atoms with Gasteiger partial charge in [-0.05, 0) is 31.9 Å². The number of ether oxygens (including phenoxy) is 1. The van der Waals surface area contributed by atoms with E-state index in [1.54, 1.807) is 31.2 Å². The standard InChI is InChI=1S/C19H30N2O4S/c1-5-25-19(22)12-17-14-21(11-10-20(17)13-15(2)3)26(23,24)18-8-6-16(4)7-9-18/h6-9,15,17H,5,10-14H2,1-4H3. The average molecular weight is 383 g/mol. The first-order valence-corrected chi connectivity index (χ1v) is 10.6. The summed E-state index contributed by atoms with van der Waals surface area (Å²) in [5, 5.41) is 0. The van der Waals surface area contributed by atoms with Gasteiger partial charge in [0.15, 0.2) is 0 Å². The molecule has 1 aliphatic heterocycles. The van der Waals surface area contributed by atoms with Gasteiger partial charge in [0.1, 0.15) is 0 Å².